The van der Waals surface area contributed by atoms with Crippen LogP contribution in [0.4, 0.5) is 10.8 Å². The van der Waals surface area contributed by atoms with E-state index in [1.54, 1.807) is 54.0 Å². The predicted octanol–water partition coefficient (Wildman–Crippen LogP) is 3.66. The Hall–Kier alpha value is -3.39. The molecular formula is C19H17N3O4S. The van der Waals surface area contributed by atoms with Crippen LogP contribution in [0.15, 0.2) is 54.0 Å². The van der Waals surface area contributed by atoms with Crippen molar-refractivity contribution in [2.24, 2.45) is 0 Å². The molecule has 0 fully saturated rings. The lowest BCUT2D eigenvalue weighted by Crippen LogP contribution is -2.18. The van der Waals surface area contributed by atoms with Crippen molar-refractivity contribution in [2.75, 3.05) is 24.9 Å². The molecule has 1 aromatic heterocycles. The Labute approximate surface area is 160 Å². The van der Waals surface area contributed by atoms with Crippen molar-refractivity contribution < 1.29 is 19.1 Å². The predicted molar refractivity (Wildman–Crippen MR) is 104 cm³/mol. The van der Waals surface area contributed by atoms with Gasteiger partial charge in [0, 0.05) is 17.1 Å². The van der Waals surface area contributed by atoms with Gasteiger partial charge in [-0.05, 0) is 30.3 Å². The summed E-state index contributed by atoms with van der Waals surface area (Å²) in [5, 5.41) is 7.72. The third-order valence-corrected chi connectivity index (χ3v) is 4.41. The third kappa shape index (κ3) is 4.24. The number of carbonyl (C=O) groups is 2. The second-order valence-corrected chi connectivity index (χ2v) is 6.26. The van der Waals surface area contributed by atoms with E-state index in [-0.39, 0.29) is 11.8 Å². The lowest BCUT2D eigenvalue weighted by Gasteiger charge is -2.12. The van der Waals surface area contributed by atoms with Crippen molar-refractivity contribution in [3.05, 3.63) is 65.2 Å². The zero-order valence-electron chi connectivity index (χ0n) is 14.7. The maximum atomic E-state index is 12.6. The van der Waals surface area contributed by atoms with Crippen LogP contribution in [0.5, 0.6) is 11.5 Å². The van der Waals surface area contributed by atoms with Gasteiger partial charge in [0.05, 0.1) is 25.5 Å². The van der Waals surface area contributed by atoms with E-state index in [0.717, 1.165) is 0 Å². The van der Waals surface area contributed by atoms with Crippen LogP contribution in [0, 0.1) is 0 Å². The Morgan fingerprint density at radius 2 is 1.74 bits per heavy atom. The summed E-state index contributed by atoms with van der Waals surface area (Å²) in [4.78, 5) is 29.2. The molecule has 0 unspecified atom stereocenters. The Kier molecular flexibility index (Phi) is 5.68. The van der Waals surface area contributed by atoms with Crippen LogP contribution in [-0.2, 0) is 0 Å². The van der Waals surface area contributed by atoms with Gasteiger partial charge in [0.2, 0.25) is 0 Å². The molecule has 27 heavy (non-hydrogen) atoms. The smallest absolute Gasteiger partial charge is 0.259 e. The number of nitrogens with one attached hydrogen (secondary N) is 2. The summed E-state index contributed by atoms with van der Waals surface area (Å²) < 4.78 is 10.4. The summed E-state index contributed by atoms with van der Waals surface area (Å²) in [7, 11) is 3.02. The van der Waals surface area contributed by atoms with E-state index >= 15 is 0 Å². The number of nitrogens with zero attached hydrogens (tertiary/aromatic N) is 1. The molecule has 0 bridgehead atoms. The lowest BCUT2D eigenvalue weighted by molar-refractivity contribution is 0.102. The van der Waals surface area contributed by atoms with Gasteiger partial charge in [-0.15, -0.1) is 11.3 Å². The average Bonchev–Trinajstić information content (AvgIpc) is 3.20. The van der Waals surface area contributed by atoms with Crippen molar-refractivity contribution in [3.63, 3.8) is 0 Å². The standard InChI is InChI=1S/C19H17N3O4S/c1-25-15-8-7-12(11-16(15)26-2)17(23)21-14-6-4-3-5-13(14)18(24)22-19-20-9-10-27-19/h3-11H,1-2H3,(H,21,23)(H,20,22,24). The second-order valence-electron chi connectivity index (χ2n) is 5.36. The Morgan fingerprint density at radius 1 is 0.963 bits per heavy atom. The summed E-state index contributed by atoms with van der Waals surface area (Å²) in [6, 6.07) is 11.6. The number of para-hydroxylation sites is 1. The number of aromatic nitrogens is 1. The number of benzene rings is 2. The molecule has 7 nitrogen and oxygen atoms in total. The van der Waals surface area contributed by atoms with E-state index in [0.29, 0.717) is 33.4 Å². The molecule has 0 saturated heterocycles. The van der Waals surface area contributed by atoms with Crippen LogP contribution in [0.3, 0.4) is 0 Å². The summed E-state index contributed by atoms with van der Waals surface area (Å²) in [6.07, 6.45) is 1.60. The maximum Gasteiger partial charge on any atom is 0.259 e. The van der Waals surface area contributed by atoms with E-state index in [2.05, 4.69) is 15.6 Å². The topological polar surface area (TPSA) is 89.5 Å². The minimum atomic E-state index is -0.370. The molecular weight excluding hydrogens is 366 g/mol. The second kappa shape index (κ2) is 8.33. The van der Waals surface area contributed by atoms with Gasteiger partial charge in [-0.25, -0.2) is 4.98 Å². The largest absolute Gasteiger partial charge is 0.493 e. The lowest BCUT2D eigenvalue weighted by atomic mass is 10.1. The molecule has 3 aromatic rings. The van der Waals surface area contributed by atoms with Crippen LogP contribution in [0.1, 0.15) is 20.7 Å². The summed E-state index contributed by atoms with van der Waals surface area (Å²) >= 11 is 1.31. The molecule has 2 aromatic carbocycles. The molecule has 2 N–H and O–H groups in total. The molecule has 0 aliphatic heterocycles. The van der Waals surface area contributed by atoms with Crippen molar-refractivity contribution in [2.45, 2.75) is 0 Å². The van der Waals surface area contributed by atoms with E-state index in [1.807, 2.05) is 0 Å². The van der Waals surface area contributed by atoms with Crippen LogP contribution in [-0.4, -0.2) is 31.0 Å². The van der Waals surface area contributed by atoms with Crippen LogP contribution >= 0.6 is 11.3 Å². The van der Waals surface area contributed by atoms with Gasteiger partial charge < -0.3 is 14.8 Å². The minimum absolute atomic E-state index is 0.335. The van der Waals surface area contributed by atoms with E-state index in [9.17, 15) is 9.59 Å². The van der Waals surface area contributed by atoms with Gasteiger partial charge in [-0.1, -0.05) is 12.1 Å². The zero-order chi connectivity index (χ0) is 19.2. The van der Waals surface area contributed by atoms with Crippen LogP contribution in [0.25, 0.3) is 0 Å². The summed E-state index contributed by atoms with van der Waals surface area (Å²) in [6.45, 7) is 0. The first kappa shape index (κ1) is 18.4. The van der Waals surface area contributed by atoms with E-state index in [4.69, 9.17) is 9.47 Å². The number of hydrogen-bond donors (Lipinski definition) is 2. The number of ether oxygens (including phenoxy) is 2. The Morgan fingerprint density at radius 3 is 2.44 bits per heavy atom. The highest BCUT2D eigenvalue weighted by molar-refractivity contribution is 7.13. The van der Waals surface area contributed by atoms with Crippen molar-refractivity contribution in [3.8, 4) is 11.5 Å². The summed E-state index contributed by atoms with van der Waals surface area (Å²) in [5.41, 5.74) is 1.11. The molecule has 1 heterocycles. The fourth-order valence-electron chi connectivity index (χ4n) is 2.41. The number of rotatable bonds is 6. The molecule has 138 valence electrons. The van der Waals surface area contributed by atoms with Gasteiger partial charge in [0.1, 0.15) is 0 Å². The van der Waals surface area contributed by atoms with E-state index < -0.39 is 0 Å². The number of amides is 2. The Bertz CT molecular complexity index is 957. The molecule has 2 amide bonds. The zero-order valence-corrected chi connectivity index (χ0v) is 15.5. The van der Waals surface area contributed by atoms with Gasteiger partial charge in [0.25, 0.3) is 11.8 Å². The highest BCUT2D eigenvalue weighted by Gasteiger charge is 2.16. The van der Waals surface area contributed by atoms with Crippen molar-refractivity contribution in [1.82, 2.24) is 4.98 Å². The average molecular weight is 383 g/mol. The van der Waals surface area contributed by atoms with Crippen LogP contribution < -0.4 is 20.1 Å². The maximum absolute atomic E-state index is 12.6. The van der Waals surface area contributed by atoms with Crippen molar-refractivity contribution >= 4 is 34.0 Å². The Balaban J connectivity index is 1.81. The first-order valence-corrected chi connectivity index (χ1v) is 8.83. The SMILES string of the molecule is COc1ccc(C(=O)Nc2ccccc2C(=O)Nc2nccs2)cc1OC. The molecule has 0 atom stereocenters. The van der Waals surface area contributed by atoms with Crippen LogP contribution in [0.2, 0.25) is 0 Å². The number of hydrogen-bond acceptors (Lipinski definition) is 6. The molecule has 0 saturated carbocycles. The van der Waals surface area contributed by atoms with Gasteiger partial charge in [0.15, 0.2) is 16.6 Å². The minimum Gasteiger partial charge on any atom is -0.493 e. The van der Waals surface area contributed by atoms with Gasteiger partial charge in [-0.3, -0.25) is 14.9 Å². The number of carbonyl (C=O) groups excluding carboxylic acids is 2. The molecule has 8 heteroatoms. The molecule has 0 radical (unpaired) electrons. The summed E-state index contributed by atoms with van der Waals surface area (Å²) in [5.74, 6) is 0.246. The molecule has 3 rings (SSSR count). The van der Waals surface area contributed by atoms with Gasteiger partial charge >= 0.3 is 0 Å². The fraction of sp³-hybridized carbons (Fsp3) is 0.105. The highest BCUT2D eigenvalue weighted by Crippen LogP contribution is 2.28. The van der Waals surface area contributed by atoms with Crippen molar-refractivity contribution in [1.29, 1.82) is 0 Å². The normalized spacial score (nSPS) is 10.1. The third-order valence-electron chi connectivity index (χ3n) is 3.72. The molecule has 0 aliphatic carbocycles. The number of methoxy groups -OCH3 is 2. The first-order chi connectivity index (χ1) is 13.1. The quantitative estimate of drug-likeness (QED) is 0.678. The fourth-order valence-corrected chi connectivity index (χ4v) is 2.94. The first-order valence-electron chi connectivity index (χ1n) is 7.95. The molecule has 0 spiro atoms. The number of anilines is 2. The van der Waals surface area contributed by atoms with E-state index in [1.165, 1.54) is 25.6 Å². The number of thiazole rings is 1. The molecule has 0 aliphatic rings. The monoisotopic (exact) mass is 383 g/mol. The van der Waals surface area contributed by atoms with Gasteiger partial charge in [-0.2, -0.15) is 0 Å². The highest BCUT2D eigenvalue weighted by atomic mass is 32.1.